The number of hydrogen-bond acceptors (Lipinski definition) is 5. The minimum Gasteiger partial charge on any atom is -0.495 e. The summed E-state index contributed by atoms with van der Waals surface area (Å²) in [5, 5.41) is 16.6. The van der Waals surface area contributed by atoms with Gasteiger partial charge in [0.1, 0.15) is 23.2 Å². The maximum Gasteiger partial charge on any atom is 0.142 e. The fourth-order valence-electron chi connectivity index (χ4n) is 2.07. The Morgan fingerprint density at radius 3 is 2.85 bits per heavy atom. The fraction of sp³-hybridized carbons (Fsp3) is 0.286. The van der Waals surface area contributed by atoms with Gasteiger partial charge in [-0.15, -0.1) is 0 Å². The van der Waals surface area contributed by atoms with E-state index in [1.165, 1.54) is 0 Å². The maximum atomic E-state index is 9.14. The van der Waals surface area contributed by atoms with Crippen molar-refractivity contribution >= 4 is 11.5 Å². The molecule has 1 aromatic carbocycles. The second-order valence-electron chi connectivity index (χ2n) is 4.47. The van der Waals surface area contributed by atoms with Crippen molar-refractivity contribution in [3.8, 4) is 11.8 Å². The van der Waals surface area contributed by atoms with Gasteiger partial charge in [0.2, 0.25) is 0 Å². The van der Waals surface area contributed by atoms with Gasteiger partial charge in [0.05, 0.1) is 18.5 Å². The van der Waals surface area contributed by atoms with Gasteiger partial charge in [-0.25, -0.2) is 0 Å². The predicted octanol–water partition coefficient (Wildman–Crippen LogP) is 1.80. The van der Waals surface area contributed by atoms with E-state index in [1.54, 1.807) is 18.8 Å². The van der Waals surface area contributed by atoms with E-state index < -0.39 is 0 Å². The molecule has 104 valence electrons. The van der Waals surface area contributed by atoms with Crippen molar-refractivity contribution in [3.05, 3.63) is 35.0 Å². The van der Waals surface area contributed by atoms with Gasteiger partial charge in [-0.1, -0.05) is 6.07 Å². The van der Waals surface area contributed by atoms with Gasteiger partial charge in [-0.05, 0) is 24.6 Å². The number of methoxy groups -OCH3 is 1. The first kappa shape index (κ1) is 13.7. The zero-order valence-electron chi connectivity index (χ0n) is 11.8. The van der Waals surface area contributed by atoms with Gasteiger partial charge in [0.25, 0.3) is 0 Å². The Balaban J connectivity index is 2.17. The van der Waals surface area contributed by atoms with Crippen LogP contribution in [-0.4, -0.2) is 16.9 Å². The van der Waals surface area contributed by atoms with Crippen molar-refractivity contribution in [3.63, 3.8) is 0 Å². The average molecular weight is 271 g/mol. The average Bonchev–Trinajstić information content (AvgIpc) is 2.70. The topological polar surface area (TPSA) is 88.9 Å². The van der Waals surface area contributed by atoms with Crippen molar-refractivity contribution in [2.45, 2.75) is 13.5 Å². The summed E-state index contributed by atoms with van der Waals surface area (Å²) in [6.45, 7) is 2.37. The number of nitrogens with two attached hydrogens (primary N) is 1. The quantitative estimate of drug-likeness (QED) is 0.828. The Morgan fingerprint density at radius 2 is 2.25 bits per heavy atom. The van der Waals surface area contributed by atoms with Gasteiger partial charge in [-0.2, -0.15) is 10.4 Å². The lowest BCUT2D eigenvalue weighted by atomic mass is 10.2. The minimum atomic E-state index is 0.557. The van der Waals surface area contributed by atoms with E-state index in [2.05, 4.69) is 16.5 Å². The van der Waals surface area contributed by atoms with Gasteiger partial charge in [0, 0.05) is 13.6 Å². The van der Waals surface area contributed by atoms with Crippen LogP contribution in [0.1, 0.15) is 16.8 Å². The Hall–Kier alpha value is -2.68. The Kier molecular flexibility index (Phi) is 3.80. The molecule has 0 aliphatic heterocycles. The molecule has 2 rings (SSSR count). The lowest BCUT2D eigenvalue weighted by Gasteiger charge is -2.09. The predicted molar refractivity (Wildman–Crippen MR) is 77.4 cm³/mol. The number of aromatic nitrogens is 2. The molecule has 0 atom stereocenters. The Labute approximate surface area is 117 Å². The summed E-state index contributed by atoms with van der Waals surface area (Å²) in [6, 6.07) is 7.76. The van der Waals surface area contributed by atoms with Crippen LogP contribution in [0.4, 0.5) is 11.5 Å². The Morgan fingerprint density at radius 1 is 1.50 bits per heavy atom. The molecule has 0 aliphatic rings. The third-order valence-electron chi connectivity index (χ3n) is 3.09. The second-order valence-corrected chi connectivity index (χ2v) is 4.47. The van der Waals surface area contributed by atoms with Gasteiger partial charge in [-0.3, -0.25) is 4.68 Å². The van der Waals surface area contributed by atoms with Crippen LogP contribution in [0.25, 0.3) is 0 Å². The molecule has 0 unspecified atom stereocenters. The SMILES string of the molecule is COc1ccc(CNc2c(C#N)c(C)nn2C)cc1N. The molecule has 6 heteroatoms. The third-order valence-corrected chi connectivity index (χ3v) is 3.09. The van der Waals surface area contributed by atoms with E-state index in [0.717, 1.165) is 5.56 Å². The number of nitrogen functional groups attached to an aromatic ring is 1. The van der Waals surface area contributed by atoms with Crippen molar-refractivity contribution in [1.82, 2.24) is 9.78 Å². The molecule has 20 heavy (non-hydrogen) atoms. The zero-order valence-corrected chi connectivity index (χ0v) is 11.8. The molecule has 0 aliphatic carbocycles. The monoisotopic (exact) mass is 271 g/mol. The molecule has 0 spiro atoms. The van der Waals surface area contributed by atoms with E-state index in [9.17, 15) is 0 Å². The highest BCUT2D eigenvalue weighted by atomic mass is 16.5. The number of nitrogens with zero attached hydrogens (tertiary/aromatic N) is 3. The van der Waals surface area contributed by atoms with Crippen molar-refractivity contribution < 1.29 is 4.74 Å². The molecule has 1 heterocycles. The van der Waals surface area contributed by atoms with E-state index in [0.29, 0.717) is 35.1 Å². The number of anilines is 2. The zero-order chi connectivity index (χ0) is 14.7. The fourth-order valence-corrected chi connectivity index (χ4v) is 2.07. The van der Waals surface area contributed by atoms with E-state index >= 15 is 0 Å². The first-order chi connectivity index (χ1) is 9.56. The molecule has 0 fully saturated rings. The number of benzene rings is 1. The van der Waals surface area contributed by atoms with Crippen LogP contribution in [-0.2, 0) is 13.6 Å². The van der Waals surface area contributed by atoms with Crippen LogP contribution in [0.15, 0.2) is 18.2 Å². The van der Waals surface area contributed by atoms with Crippen molar-refractivity contribution in [2.75, 3.05) is 18.2 Å². The summed E-state index contributed by atoms with van der Waals surface area (Å²) in [4.78, 5) is 0. The minimum absolute atomic E-state index is 0.557. The van der Waals surface area contributed by atoms with Crippen LogP contribution >= 0.6 is 0 Å². The van der Waals surface area contributed by atoms with Crippen molar-refractivity contribution in [2.24, 2.45) is 7.05 Å². The number of aryl methyl sites for hydroxylation is 2. The number of ether oxygens (including phenoxy) is 1. The smallest absolute Gasteiger partial charge is 0.142 e. The molecular weight excluding hydrogens is 254 g/mol. The highest BCUT2D eigenvalue weighted by molar-refractivity contribution is 5.57. The number of nitrogens with one attached hydrogen (secondary N) is 1. The standard InChI is InChI=1S/C14H17N5O/c1-9-11(7-15)14(19(2)18-9)17-8-10-4-5-13(20-3)12(16)6-10/h4-6,17H,8,16H2,1-3H3. The van der Waals surface area contributed by atoms with Crippen LogP contribution in [0.5, 0.6) is 5.75 Å². The third kappa shape index (κ3) is 2.52. The van der Waals surface area contributed by atoms with E-state index in [-0.39, 0.29) is 0 Å². The number of rotatable bonds is 4. The molecule has 1 aromatic heterocycles. The maximum absolute atomic E-state index is 9.14. The summed E-state index contributed by atoms with van der Waals surface area (Å²) in [5.74, 6) is 1.36. The van der Waals surface area contributed by atoms with Crippen LogP contribution in [0, 0.1) is 18.3 Å². The molecule has 0 amide bonds. The largest absolute Gasteiger partial charge is 0.495 e. The molecule has 0 saturated heterocycles. The van der Waals surface area contributed by atoms with Gasteiger partial charge >= 0.3 is 0 Å². The normalized spacial score (nSPS) is 10.1. The van der Waals surface area contributed by atoms with Gasteiger partial charge in [0.15, 0.2) is 0 Å². The van der Waals surface area contributed by atoms with Crippen molar-refractivity contribution in [1.29, 1.82) is 5.26 Å². The van der Waals surface area contributed by atoms with Crippen LogP contribution in [0.2, 0.25) is 0 Å². The van der Waals surface area contributed by atoms with Crippen LogP contribution < -0.4 is 15.8 Å². The summed E-state index contributed by atoms with van der Waals surface area (Å²) in [5.41, 5.74) is 8.74. The molecule has 0 bridgehead atoms. The molecule has 0 radical (unpaired) electrons. The van der Waals surface area contributed by atoms with Gasteiger partial charge < -0.3 is 15.8 Å². The molecule has 2 aromatic rings. The first-order valence-electron chi connectivity index (χ1n) is 6.16. The Bertz CT molecular complexity index is 669. The highest BCUT2D eigenvalue weighted by Crippen LogP contribution is 2.23. The van der Waals surface area contributed by atoms with E-state index in [1.807, 2.05) is 25.1 Å². The lowest BCUT2D eigenvalue weighted by molar-refractivity contribution is 0.417. The summed E-state index contributed by atoms with van der Waals surface area (Å²) in [6.07, 6.45) is 0. The summed E-state index contributed by atoms with van der Waals surface area (Å²) >= 11 is 0. The number of hydrogen-bond donors (Lipinski definition) is 2. The lowest BCUT2D eigenvalue weighted by Crippen LogP contribution is -2.06. The molecule has 0 saturated carbocycles. The molecule has 3 N–H and O–H groups in total. The highest BCUT2D eigenvalue weighted by Gasteiger charge is 2.12. The van der Waals surface area contributed by atoms with E-state index in [4.69, 9.17) is 15.7 Å². The first-order valence-corrected chi connectivity index (χ1v) is 6.16. The number of nitriles is 1. The molecule has 6 nitrogen and oxygen atoms in total. The second kappa shape index (κ2) is 5.53. The summed E-state index contributed by atoms with van der Waals surface area (Å²) < 4.78 is 6.79. The summed E-state index contributed by atoms with van der Waals surface area (Å²) in [7, 11) is 3.39. The van der Waals surface area contributed by atoms with Crippen LogP contribution in [0.3, 0.4) is 0 Å². The molecular formula is C14H17N5O.